The molecule has 13 heavy (non-hydrogen) atoms. The Morgan fingerprint density at radius 2 is 2.15 bits per heavy atom. The van der Waals surface area contributed by atoms with Gasteiger partial charge in [0.1, 0.15) is 0 Å². The van der Waals surface area contributed by atoms with E-state index in [0.29, 0.717) is 0 Å². The molecule has 0 bridgehead atoms. The molecule has 0 aliphatic carbocycles. The van der Waals surface area contributed by atoms with Crippen LogP contribution < -0.4 is 0 Å². The van der Waals surface area contributed by atoms with E-state index >= 15 is 0 Å². The fourth-order valence-electron chi connectivity index (χ4n) is 1.17. The lowest BCUT2D eigenvalue weighted by Crippen LogP contribution is -2.16. The molecule has 0 saturated carbocycles. The van der Waals surface area contributed by atoms with E-state index in [4.69, 9.17) is 4.74 Å². The smallest absolute Gasteiger partial charge is 0.0739 e. The number of nitrogens with zero attached hydrogens (tertiary/aromatic N) is 2. The summed E-state index contributed by atoms with van der Waals surface area (Å²) in [6.07, 6.45) is 0.216. The van der Waals surface area contributed by atoms with E-state index in [1.807, 2.05) is 18.5 Å². The fraction of sp³-hybridized carbons (Fsp3) is 0.667. The van der Waals surface area contributed by atoms with Gasteiger partial charge in [-0.1, -0.05) is 0 Å². The second kappa shape index (κ2) is 4.41. The number of ether oxygens (including phenoxy) is 1. The first-order valence-corrected chi connectivity index (χ1v) is 5.36. The van der Waals surface area contributed by atoms with Crippen LogP contribution in [0.4, 0.5) is 0 Å². The lowest BCUT2D eigenvalue weighted by atomic mass is 10.4. The van der Waals surface area contributed by atoms with E-state index in [1.54, 1.807) is 7.11 Å². The summed E-state index contributed by atoms with van der Waals surface area (Å²) in [5, 5.41) is 4.43. The summed E-state index contributed by atoms with van der Waals surface area (Å²) >= 11 is 2.32. The molecule has 1 rings (SSSR count). The largest absolute Gasteiger partial charge is 0.380 e. The Labute approximate surface area is 92.6 Å². The van der Waals surface area contributed by atoms with Crippen molar-refractivity contribution in [3.05, 3.63) is 15.0 Å². The molecule has 0 aliphatic rings. The van der Waals surface area contributed by atoms with Crippen LogP contribution in [0.2, 0.25) is 0 Å². The van der Waals surface area contributed by atoms with Gasteiger partial charge in [0.2, 0.25) is 0 Å². The zero-order valence-electron chi connectivity index (χ0n) is 8.47. The molecule has 1 aromatic heterocycles. The van der Waals surface area contributed by atoms with Crippen molar-refractivity contribution in [2.24, 2.45) is 0 Å². The number of aryl methyl sites for hydroxylation is 1. The highest BCUT2D eigenvalue weighted by atomic mass is 127. The minimum Gasteiger partial charge on any atom is -0.380 e. The first-order chi connectivity index (χ1) is 6.06. The highest BCUT2D eigenvalue weighted by molar-refractivity contribution is 14.1. The molecule has 0 amide bonds. The molecule has 1 heterocycles. The summed E-state index contributed by atoms with van der Waals surface area (Å²) in [4.78, 5) is 0. The van der Waals surface area contributed by atoms with Gasteiger partial charge in [-0.25, -0.2) is 0 Å². The second-order valence-corrected chi connectivity index (χ2v) is 4.29. The Hall–Kier alpha value is -0.100. The van der Waals surface area contributed by atoms with E-state index < -0.39 is 0 Å². The van der Waals surface area contributed by atoms with Gasteiger partial charge < -0.3 is 4.74 Å². The zero-order valence-corrected chi connectivity index (χ0v) is 10.6. The Morgan fingerprint density at radius 1 is 1.54 bits per heavy atom. The van der Waals surface area contributed by atoms with Gasteiger partial charge in [0.05, 0.1) is 21.9 Å². The van der Waals surface area contributed by atoms with Crippen molar-refractivity contribution in [3.8, 4) is 0 Å². The molecule has 0 fully saturated rings. The Balaban J connectivity index is 2.83. The standard InChI is InChI=1S/C9H15IN2O/c1-6(13-4)5-12-8(3)9(10)7(2)11-12/h6H,5H2,1-4H3. The third kappa shape index (κ3) is 2.43. The molecule has 0 aromatic carbocycles. The quantitative estimate of drug-likeness (QED) is 0.799. The molecule has 1 atom stereocenters. The van der Waals surface area contributed by atoms with Crippen LogP contribution in [-0.4, -0.2) is 23.0 Å². The van der Waals surface area contributed by atoms with Crippen LogP contribution in [0.1, 0.15) is 18.3 Å². The van der Waals surface area contributed by atoms with Gasteiger partial charge in [-0.05, 0) is 43.4 Å². The van der Waals surface area contributed by atoms with Crippen LogP contribution in [0, 0.1) is 17.4 Å². The summed E-state index contributed by atoms with van der Waals surface area (Å²) in [5.74, 6) is 0. The van der Waals surface area contributed by atoms with Crippen molar-refractivity contribution < 1.29 is 4.74 Å². The number of hydrogen-bond donors (Lipinski definition) is 0. The topological polar surface area (TPSA) is 27.1 Å². The zero-order chi connectivity index (χ0) is 10.0. The molecule has 0 saturated heterocycles. The van der Waals surface area contributed by atoms with Gasteiger partial charge in [-0.15, -0.1) is 0 Å². The first kappa shape index (κ1) is 11.0. The third-order valence-corrected chi connectivity index (χ3v) is 3.69. The monoisotopic (exact) mass is 294 g/mol. The maximum Gasteiger partial charge on any atom is 0.0739 e. The van der Waals surface area contributed by atoms with Crippen molar-refractivity contribution in [1.82, 2.24) is 9.78 Å². The Morgan fingerprint density at radius 3 is 2.54 bits per heavy atom. The SMILES string of the molecule is COC(C)Cn1nc(C)c(I)c1C. The van der Waals surface area contributed by atoms with Crippen molar-refractivity contribution in [1.29, 1.82) is 0 Å². The number of methoxy groups -OCH3 is 1. The number of halogens is 1. The fourth-order valence-corrected chi connectivity index (χ4v) is 1.56. The Bertz CT molecular complexity index is 296. The summed E-state index contributed by atoms with van der Waals surface area (Å²) in [7, 11) is 1.72. The van der Waals surface area contributed by atoms with Crippen molar-refractivity contribution in [3.63, 3.8) is 0 Å². The molecule has 4 heteroatoms. The van der Waals surface area contributed by atoms with E-state index in [9.17, 15) is 0 Å². The molecular weight excluding hydrogens is 279 g/mol. The minimum atomic E-state index is 0.216. The van der Waals surface area contributed by atoms with Crippen LogP contribution in [0.3, 0.4) is 0 Å². The van der Waals surface area contributed by atoms with Gasteiger partial charge in [0, 0.05) is 12.8 Å². The number of aromatic nitrogens is 2. The normalized spacial score (nSPS) is 13.3. The van der Waals surface area contributed by atoms with Crippen LogP contribution in [-0.2, 0) is 11.3 Å². The van der Waals surface area contributed by atoms with Gasteiger partial charge in [0.25, 0.3) is 0 Å². The average Bonchev–Trinajstić information content (AvgIpc) is 2.34. The van der Waals surface area contributed by atoms with Crippen LogP contribution in [0.15, 0.2) is 0 Å². The molecule has 0 aliphatic heterocycles. The second-order valence-electron chi connectivity index (χ2n) is 3.21. The molecule has 1 aromatic rings. The van der Waals surface area contributed by atoms with E-state index in [1.165, 1.54) is 9.26 Å². The van der Waals surface area contributed by atoms with E-state index in [0.717, 1.165) is 12.2 Å². The number of rotatable bonds is 3. The molecule has 0 N–H and O–H groups in total. The summed E-state index contributed by atoms with van der Waals surface area (Å²) in [6, 6.07) is 0. The summed E-state index contributed by atoms with van der Waals surface area (Å²) in [5.41, 5.74) is 2.32. The van der Waals surface area contributed by atoms with Crippen molar-refractivity contribution >= 4 is 22.6 Å². The number of hydrogen-bond acceptors (Lipinski definition) is 2. The molecular formula is C9H15IN2O. The van der Waals surface area contributed by atoms with Crippen LogP contribution in [0.25, 0.3) is 0 Å². The highest BCUT2D eigenvalue weighted by Crippen LogP contribution is 2.15. The summed E-state index contributed by atoms with van der Waals surface area (Å²) < 4.78 is 8.45. The predicted molar refractivity (Wildman–Crippen MR) is 60.9 cm³/mol. The maximum absolute atomic E-state index is 5.19. The lowest BCUT2D eigenvalue weighted by Gasteiger charge is -2.10. The lowest BCUT2D eigenvalue weighted by molar-refractivity contribution is 0.0991. The molecule has 0 spiro atoms. The van der Waals surface area contributed by atoms with Gasteiger partial charge in [-0.2, -0.15) is 5.10 Å². The van der Waals surface area contributed by atoms with Gasteiger partial charge >= 0.3 is 0 Å². The van der Waals surface area contributed by atoms with Crippen molar-refractivity contribution in [2.75, 3.05) is 7.11 Å². The third-order valence-electron chi connectivity index (χ3n) is 2.13. The summed E-state index contributed by atoms with van der Waals surface area (Å²) in [6.45, 7) is 6.99. The molecule has 1 unspecified atom stereocenters. The minimum absolute atomic E-state index is 0.216. The van der Waals surface area contributed by atoms with Crippen LogP contribution in [0.5, 0.6) is 0 Å². The molecule has 0 radical (unpaired) electrons. The Kier molecular flexibility index (Phi) is 3.73. The van der Waals surface area contributed by atoms with Crippen molar-refractivity contribution in [2.45, 2.75) is 33.4 Å². The molecule has 3 nitrogen and oxygen atoms in total. The van der Waals surface area contributed by atoms with E-state index in [-0.39, 0.29) is 6.10 Å². The average molecular weight is 294 g/mol. The van der Waals surface area contributed by atoms with E-state index in [2.05, 4.69) is 34.6 Å². The maximum atomic E-state index is 5.19. The molecule has 74 valence electrons. The van der Waals surface area contributed by atoms with Crippen LogP contribution >= 0.6 is 22.6 Å². The van der Waals surface area contributed by atoms with Gasteiger partial charge in [0.15, 0.2) is 0 Å². The highest BCUT2D eigenvalue weighted by Gasteiger charge is 2.10. The van der Waals surface area contributed by atoms with Gasteiger partial charge in [-0.3, -0.25) is 4.68 Å². The predicted octanol–water partition coefficient (Wildman–Crippen LogP) is 2.14. The first-order valence-electron chi connectivity index (χ1n) is 4.28.